The second-order valence-corrected chi connectivity index (χ2v) is 29.2. The maximum absolute atomic E-state index is 13.0. The predicted octanol–water partition coefficient (Wildman–Crippen LogP) is 15.5. The number of anilines is 1. The molecule has 3 rings (SSSR count). The number of ether oxygens (including phenoxy) is 5. The number of aliphatic hydroxyl groups is 2. The molecule has 20 nitrogen and oxygen atoms in total. The van der Waals surface area contributed by atoms with Crippen molar-refractivity contribution < 1.29 is 53.1 Å². The van der Waals surface area contributed by atoms with Gasteiger partial charge in [-0.25, -0.2) is 9.36 Å². The topological polar surface area (TPSA) is 271 Å². The van der Waals surface area contributed by atoms with Crippen LogP contribution in [-0.4, -0.2) is 147 Å². The lowest BCUT2D eigenvalue weighted by Crippen LogP contribution is -2.35. The molecule has 2 unspecified atom stereocenters. The summed E-state index contributed by atoms with van der Waals surface area (Å²) in [6.07, 6.45) is 40.4. The summed E-state index contributed by atoms with van der Waals surface area (Å²) in [5, 5.41) is 21.7. The number of imidazole rings is 1. The van der Waals surface area contributed by atoms with Gasteiger partial charge in [-0.15, -0.1) is 0 Å². The van der Waals surface area contributed by atoms with E-state index in [1.54, 1.807) is 0 Å². The first-order valence-corrected chi connectivity index (χ1v) is 39.0. The van der Waals surface area contributed by atoms with E-state index in [-0.39, 0.29) is 48.0 Å². The van der Waals surface area contributed by atoms with Crippen molar-refractivity contribution in [3.05, 3.63) is 20.8 Å². The Bertz CT molecular complexity index is 2360. The van der Waals surface area contributed by atoms with E-state index in [2.05, 4.69) is 66.3 Å². The number of nitrogens with zero attached hydrogens (tertiary/aromatic N) is 4. The first kappa shape index (κ1) is 85.9. The van der Waals surface area contributed by atoms with Gasteiger partial charge in [-0.1, -0.05) is 221 Å². The van der Waals surface area contributed by atoms with Gasteiger partial charge in [0.15, 0.2) is 17.4 Å². The highest BCUT2D eigenvalue weighted by atomic mass is 16.6. The van der Waals surface area contributed by atoms with Gasteiger partial charge >= 0.3 is 29.6 Å². The van der Waals surface area contributed by atoms with Gasteiger partial charge in [0.05, 0.1) is 19.8 Å². The first-order valence-electron chi connectivity index (χ1n) is 39.0. The van der Waals surface area contributed by atoms with Crippen LogP contribution in [0.2, 0.25) is 0 Å². The highest BCUT2D eigenvalue weighted by Crippen LogP contribution is 2.31. The quantitative estimate of drug-likeness (QED) is 0.0234. The summed E-state index contributed by atoms with van der Waals surface area (Å²) in [7, 11) is 0. The zero-order valence-electron chi connectivity index (χ0n) is 61.5. The number of hydrogen-bond acceptors (Lipinski definition) is 17. The Labute approximate surface area is 579 Å². The summed E-state index contributed by atoms with van der Waals surface area (Å²) in [6, 6.07) is 0. The Morgan fingerprint density at radius 2 is 0.750 bits per heavy atom. The second kappa shape index (κ2) is 55.4. The maximum Gasteiger partial charge on any atom is 0.330 e. The van der Waals surface area contributed by atoms with Gasteiger partial charge in [-0.2, -0.15) is 4.98 Å². The molecule has 6 N–H and O–H groups in total. The Hall–Kier alpha value is -4.37. The molecule has 3 heterocycles. The van der Waals surface area contributed by atoms with Crippen molar-refractivity contribution in [2.24, 2.45) is 17.8 Å². The number of rotatable bonds is 64. The molecule has 0 aliphatic carbocycles. The van der Waals surface area contributed by atoms with Gasteiger partial charge in [-0.3, -0.25) is 33.9 Å². The molecule has 0 amide bonds. The fraction of sp³-hybridized carbons (Fsp3) is 0.882. The maximum atomic E-state index is 13.0. The van der Waals surface area contributed by atoms with E-state index in [9.17, 15) is 39.0 Å². The lowest BCUT2D eigenvalue weighted by Gasteiger charge is -2.26. The van der Waals surface area contributed by atoms with Crippen molar-refractivity contribution in [1.29, 1.82) is 0 Å². The summed E-state index contributed by atoms with van der Waals surface area (Å²) in [5.74, 6) is 1.41. The van der Waals surface area contributed by atoms with Crippen LogP contribution in [0.1, 0.15) is 330 Å². The minimum Gasteiger partial charge on any atom is -0.466 e. The smallest absolute Gasteiger partial charge is 0.330 e. The zero-order chi connectivity index (χ0) is 69.8. The Morgan fingerprint density at radius 3 is 1.12 bits per heavy atom. The van der Waals surface area contributed by atoms with E-state index < -0.39 is 41.8 Å². The highest BCUT2D eigenvalue weighted by Gasteiger charge is 2.46. The molecule has 2 aromatic heterocycles. The van der Waals surface area contributed by atoms with Gasteiger partial charge in [0.2, 0.25) is 5.95 Å². The molecule has 1 aliphatic heterocycles. The number of fused-ring (bicyclic) bond motifs is 1. The number of aliphatic hydroxyl groups excluding tert-OH is 2. The molecule has 1 saturated heterocycles. The second-order valence-electron chi connectivity index (χ2n) is 29.2. The van der Waals surface area contributed by atoms with Gasteiger partial charge < -0.3 is 49.4 Å². The first-order chi connectivity index (χ1) is 46.4. The van der Waals surface area contributed by atoms with Crippen molar-refractivity contribution in [3.63, 3.8) is 0 Å². The monoisotopic (exact) mass is 1360 g/mol. The third kappa shape index (κ3) is 42.6. The molecular formula is C76H139N7O13. The summed E-state index contributed by atoms with van der Waals surface area (Å²) in [6.45, 7) is 21.0. The normalized spacial score (nSPS) is 15.8. The molecular weight excluding hydrogens is 1220 g/mol. The van der Waals surface area contributed by atoms with Crippen LogP contribution in [0.3, 0.4) is 0 Å². The van der Waals surface area contributed by atoms with Gasteiger partial charge in [0.25, 0.3) is 5.56 Å². The molecule has 0 saturated carbocycles. The van der Waals surface area contributed by atoms with Crippen LogP contribution in [0.15, 0.2) is 9.59 Å². The summed E-state index contributed by atoms with van der Waals surface area (Å²) < 4.78 is 28.9. The number of carbonyl (C=O) groups is 4. The van der Waals surface area contributed by atoms with Crippen molar-refractivity contribution in [2.45, 2.75) is 349 Å². The molecule has 0 aromatic carbocycles. The fourth-order valence-electron chi connectivity index (χ4n) is 12.8. The molecule has 1 fully saturated rings. The molecule has 4 atom stereocenters. The van der Waals surface area contributed by atoms with Crippen molar-refractivity contribution in [1.82, 2.24) is 29.3 Å². The number of aromatic amines is 2. The fourth-order valence-corrected chi connectivity index (χ4v) is 12.8. The Balaban J connectivity index is 1.47. The van der Waals surface area contributed by atoms with E-state index in [0.717, 1.165) is 209 Å². The SMILES string of the molecule is CC(C)CCCCCCCOC(=O)CCCCCCCCN(CCCCCCCCC(=O)OCCCCCCCC(C)C)CCCN(CCCCCCCCC(=O)OCCCCCCCC(C)C)CCCCCC(=O)OC[C@@H]1O[C@H](n2c(=O)[nH]c3c(=O)[nH]c(N)nc32)C(O)C1O. The van der Waals surface area contributed by atoms with Crippen LogP contribution in [0.4, 0.5) is 5.95 Å². The summed E-state index contributed by atoms with van der Waals surface area (Å²) in [5.41, 5.74) is 3.95. The number of esters is 4. The molecule has 0 radical (unpaired) electrons. The van der Waals surface area contributed by atoms with E-state index in [1.807, 2.05) is 0 Å². The highest BCUT2D eigenvalue weighted by molar-refractivity contribution is 5.71. The molecule has 0 spiro atoms. The Kier molecular flexibility index (Phi) is 49.6. The molecule has 556 valence electrons. The largest absolute Gasteiger partial charge is 0.466 e. The standard InChI is InChI=1S/C76H139N7O13/c1-61(2)44-29-16-13-25-40-57-92-65(84)47-32-19-7-10-22-36-51-81(52-37-23-11-8-20-33-48-66(85)93-58-41-26-14-17-30-45-62(3)4)55-43-56-82(53-38-24-12-9-21-34-49-67(86)94-59-42-27-15-18-31-46-63(5)6)54-39-28-35-50-68(87)95-60-64-70(88)71(89)74(96-64)83-72-69(78-76(83)91)73(90)80-75(77)79-72/h61-64,70-71,74,88-89H,7-60H2,1-6H3,(H,78,91)(H3,77,79,80,90)/t64-,70?,71?,74-/m0/s1. The minimum absolute atomic E-state index is 0.0536. The molecule has 2 aromatic rings. The predicted molar refractivity (Wildman–Crippen MR) is 386 cm³/mol. The van der Waals surface area contributed by atoms with Crippen LogP contribution in [0.5, 0.6) is 0 Å². The molecule has 1 aliphatic rings. The lowest BCUT2D eigenvalue weighted by atomic mass is 10.0. The van der Waals surface area contributed by atoms with Crippen LogP contribution < -0.4 is 17.0 Å². The number of nitrogens with one attached hydrogen (secondary N) is 2. The number of carbonyl (C=O) groups excluding carboxylic acids is 4. The minimum atomic E-state index is -1.58. The summed E-state index contributed by atoms with van der Waals surface area (Å²) in [4.78, 5) is 89.4. The number of nitrogens with two attached hydrogens (primary N) is 1. The number of nitrogen functional groups attached to an aromatic ring is 1. The molecule has 0 bridgehead atoms. The van der Waals surface area contributed by atoms with Crippen LogP contribution >= 0.6 is 0 Å². The molecule has 96 heavy (non-hydrogen) atoms. The van der Waals surface area contributed by atoms with Crippen LogP contribution in [0, 0.1) is 17.8 Å². The van der Waals surface area contributed by atoms with Crippen molar-refractivity contribution >= 4 is 41.0 Å². The number of H-pyrrole nitrogens is 2. The summed E-state index contributed by atoms with van der Waals surface area (Å²) >= 11 is 0. The molecule has 20 heteroatoms. The van der Waals surface area contributed by atoms with E-state index in [4.69, 9.17) is 29.4 Å². The van der Waals surface area contributed by atoms with Crippen molar-refractivity contribution in [3.8, 4) is 0 Å². The van der Waals surface area contributed by atoms with E-state index >= 15 is 0 Å². The van der Waals surface area contributed by atoms with Gasteiger partial charge in [-0.05, 0) is 134 Å². The number of hydrogen-bond donors (Lipinski definition) is 5. The van der Waals surface area contributed by atoms with Crippen LogP contribution in [0.25, 0.3) is 11.2 Å². The third-order valence-corrected chi connectivity index (χ3v) is 18.8. The average Bonchev–Trinajstić information content (AvgIpc) is 1.63. The van der Waals surface area contributed by atoms with Gasteiger partial charge in [0.1, 0.15) is 24.9 Å². The average molecular weight is 1360 g/mol. The lowest BCUT2D eigenvalue weighted by molar-refractivity contribution is -0.150. The zero-order valence-corrected chi connectivity index (χ0v) is 61.5. The van der Waals surface area contributed by atoms with E-state index in [0.29, 0.717) is 45.5 Å². The van der Waals surface area contributed by atoms with Crippen LogP contribution in [-0.2, 0) is 42.9 Å². The number of unbranched alkanes of at least 4 members (excludes halogenated alkanes) is 29. The Morgan fingerprint density at radius 1 is 0.438 bits per heavy atom. The van der Waals surface area contributed by atoms with Crippen molar-refractivity contribution in [2.75, 3.05) is 71.4 Å². The van der Waals surface area contributed by atoms with E-state index in [1.165, 1.54) is 103 Å². The van der Waals surface area contributed by atoms with Gasteiger partial charge in [0, 0.05) is 25.7 Å². The third-order valence-electron chi connectivity index (χ3n) is 18.8. The number of aromatic nitrogens is 4.